The van der Waals surface area contributed by atoms with Gasteiger partial charge in [0.2, 0.25) is 0 Å². The molecule has 20 heavy (non-hydrogen) atoms. The van der Waals surface area contributed by atoms with Gasteiger partial charge in [0.15, 0.2) is 18.1 Å². The first-order valence-electron chi connectivity index (χ1n) is 6.10. The topological polar surface area (TPSA) is 93.8 Å². The average molecular weight is 303 g/mol. The van der Waals surface area contributed by atoms with Gasteiger partial charge >= 0.3 is 0 Å². The molecule has 7 heteroatoms. The van der Waals surface area contributed by atoms with E-state index in [1.54, 1.807) is 19.1 Å². The lowest BCUT2D eigenvalue weighted by Gasteiger charge is -2.14. The number of carbonyl (C=O) groups is 1. The summed E-state index contributed by atoms with van der Waals surface area (Å²) in [4.78, 5) is 10.7. The number of nitrogens with two attached hydrogens (primary N) is 1. The average Bonchev–Trinajstić information content (AvgIpc) is 2.36. The Morgan fingerprint density at radius 2 is 2.25 bits per heavy atom. The van der Waals surface area contributed by atoms with Gasteiger partial charge in [-0.2, -0.15) is 0 Å². The molecule has 6 nitrogen and oxygen atoms in total. The van der Waals surface area contributed by atoms with Crippen molar-refractivity contribution in [3.05, 3.63) is 22.7 Å². The minimum atomic E-state index is -0.592. The molecule has 1 atom stereocenters. The Hall–Kier alpha value is -1.50. The standard InChI is InChI=1S/C13H19ClN2O4/c1-8(17)5-16-6-9-3-10(14)13(11(4-9)19-2)20-7-12(15)18/h3-4,8,16-17H,5-7H2,1-2H3,(H2,15,18)/t8-/m0/s1. The van der Waals surface area contributed by atoms with E-state index in [-0.39, 0.29) is 12.4 Å². The van der Waals surface area contributed by atoms with Crippen LogP contribution in [0.4, 0.5) is 0 Å². The maximum Gasteiger partial charge on any atom is 0.255 e. The Labute approximate surface area is 122 Å². The van der Waals surface area contributed by atoms with Crippen LogP contribution in [0.5, 0.6) is 11.5 Å². The number of benzene rings is 1. The molecule has 1 aromatic carbocycles. The SMILES string of the molecule is COc1cc(CNC[C@H](C)O)cc(Cl)c1OCC(N)=O. The van der Waals surface area contributed by atoms with Gasteiger partial charge in [-0.15, -0.1) is 0 Å². The Balaban J connectivity index is 2.81. The zero-order valence-corrected chi connectivity index (χ0v) is 12.2. The van der Waals surface area contributed by atoms with E-state index in [2.05, 4.69) is 5.32 Å². The molecule has 0 spiro atoms. The molecule has 1 aromatic rings. The number of hydrogen-bond donors (Lipinski definition) is 3. The second kappa shape index (κ2) is 7.94. The first-order valence-corrected chi connectivity index (χ1v) is 6.48. The van der Waals surface area contributed by atoms with Gasteiger partial charge in [-0.25, -0.2) is 0 Å². The number of primary amides is 1. The number of carbonyl (C=O) groups excluding carboxylic acids is 1. The molecule has 0 bridgehead atoms. The smallest absolute Gasteiger partial charge is 0.255 e. The zero-order valence-electron chi connectivity index (χ0n) is 11.5. The van der Waals surface area contributed by atoms with Crippen molar-refractivity contribution in [1.29, 1.82) is 0 Å². The van der Waals surface area contributed by atoms with Gasteiger partial charge in [-0.3, -0.25) is 4.79 Å². The van der Waals surface area contributed by atoms with Crippen molar-refractivity contribution in [2.75, 3.05) is 20.3 Å². The van der Waals surface area contributed by atoms with Gasteiger partial charge in [0.05, 0.1) is 18.2 Å². The fourth-order valence-corrected chi connectivity index (χ4v) is 1.87. The largest absolute Gasteiger partial charge is 0.493 e. The second-order valence-electron chi connectivity index (χ2n) is 4.34. The first kappa shape index (κ1) is 16.6. The number of methoxy groups -OCH3 is 1. The molecule has 0 fully saturated rings. The van der Waals surface area contributed by atoms with Gasteiger partial charge < -0.3 is 25.6 Å². The van der Waals surface area contributed by atoms with Gasteiger partial charge in [0.25, 0.3) is 5.91 Å². The number of hydrogen-bond acceptors (Lipinski definition) is 5. The lowest BCUT2D eigenvalue weighted by molar-refractivity contribution is -0.119. The maximum absolute atomic E-state index is 10.7. The molecule has 0 aliphatic rings. The van der Waals surface area contributed by atoms with Crippen LogP contribution >= 0.6 is 11.6 Å². The van der Waals surface area contributed by atoms with Crippen LogP contribution in [-0.4, -0.2) is 37.4 Å². The highest BCUT2D eigenvalue weighted by Crippen LogP contribution is 2.36. The lowest BCUT2D eigenvalue weighted by Crippen LogP contribution is -2.24. The highest BCUT2D eigenvalue weighted by Gasteiger charge is 2.13. The van der Waals surface area contributed by atoms with Crippen LogP contribution < -0.4 is 20.5 Å². The van der Waals surface area contributed by atoms with Gasteiger partial charge in [0.1, 0.15) is 0 Å². The van der Waals surface area contributed by atoms with Crippen LogP contribution in [0.15, 0.2) is 12.1 Å². The zero-order chi connectivity index (χ0) is 15.1. The number of nitrogens with one attached hydrogen (secondary N) is 1. The summed E-state index contributed by atoms with van der Waals surface area (Å²) >= 11 is 6.10. The molecule has 0 heterocycles. The Kier molecular flexibility index (Phi) is 6.57. The number of aliphatic hydroxyl groups is 1. The van der Waals surface area contributed by atoms with Gasteiger partial charge in [0, 0.05) is 13.1 Å². The minimum Gasteiger partial charge on any atom is -0.493 e. The van der Waals surface area contributed by atoms with E-state index >= 15 is 0 Å². The summed E-state index contributed by atoms with van der Waals surface area (Å²) in [6.45, 7) is 2.42. The third kappa shape index (κ3) is 5.24. The van der Waals surface area contributed by atoms with Crippen molar-refractivity contribution in [3.63, 3.8) is 0 Å². The Morgan fingerprint density at radius 1 is 1.55 bits per heavy atom. The molecule has 1 rings (SSSR count). The van der Waals surface area contributed by atoms with Crippen molar-refractivity contribution in [3.8, 4) is 11.5 Å². The molecule has 0 radical (unpaired) electrons. The van der Waals surface area contributed by atoms with Crippen LogP contribution in [0.25, 0.3) is 0 Å². The Bertz CT molecular complexity index is 466. The van der Waals surface area contributed by atoms with Crippen LogP contribution in [0.1, 0.15) is 12.5 Å². The van der Waals surface area contributed by atoms with Crippen molar-refractivity contribution < 1.29 is 19.4 Å². The molecule has 0 saturated heterocycles. The summed E-state index contributed by atoms with van der Waals surface area (Å²) in [6, 6.07) is 3.45. The highest BCUT2D eigenvalue weighted by molar-refractivity contribution is 6.32. The summed E-state index contributed by atoms with van der Waals surface area (Å²) in [6.07, 6.45) is -0.425. The van der Waals surface area contributed by atoms with Crippen molar-refractivity contribution in [2.45, 2.75) is 19.6 Å². The van der Waals surface area contributed by atoms with Crippen molar-refractivity contribution >= 4 is 17.5 Å². The summed E-state index contributed by atoms with van der Waals surface area (Å²) in [5.74, 6) is 0.116. The van der Waals surface area contributed by atoms with Crippen LogP contribution in [0, 0.1) is 0 Å². The molecule has 112 valence electrons. The van der Waals surface area contributed by atoms with Crippen LogP contribution in [0.2, 0.25) is 5.02 Å². The van der Waals surface area contributed by atoms with E-state index in [4.69, 9.17) is 26.8 Å². The van der Waals surface area contributed by atoms with Gasteiger partial charge in [-0.1, -0.05) is 11.6 Å². The molecule has 1 amide bonds. The fraction of sp³-hybridized carbons (Fsp3) is 0.462. The maximum atomic E-state index is 10.7. The number of aliphatic hydroxyl groups excluding tert-OH is 1. The summed E-state index contributed by atoms with van der Waals surface area (Å²) < 4.78 is 10.4. The van der Waals surface area contributed by atoms with E-state index in [9.17, 15) is 9.90 Å². The van der Waals surface area contributed by atoms with E-state index in [0.29, 0.717) is 23.9 Å². The predicted octanol–water partition coefficient (Wildman–Crippen LogP) is 0.683. The molecule has 0 aliphatic carbocycles. The van der Waals surface area contributed by atoms with E-state index < -0.39 is 12.0 Å². The van der Waals surface area contributed by atoms with E-state index in [1.165, 1.54) is 7.11 Å². The molecule has 0 unspecified atom stereocenters. The number of amides is 1. The molecule has 4 N–H and O–H groups in total. The lowest BCUT2D eigenvalue weighted by atomic mass is 10.2. The highest BCUT2D eigenvalue weighted by atomic mass is 35.5. The van der Waals surface area contributed by atoms with Crippen molar-refractivity contribution in [1.82, 2.24) is 5.32 Å². The Morgan fingerprint density at radius 3 is 2.80 bits per heavy atom. The van der Waals surface area contributed by atoms with Gasteiger partial charge in [-0.05, 0) is 24.6 Å². The molecular formula is C13H19ClN2O4. The monoisotopic (exact) mass is 302 g/mol. The van der Waals surface area contributed by atoms with E-state index in [0.717, 1.165) is 5.56 Å². The van der Waals surface area contributed by atoms with Crippen LogP contribution in [0.3, 0.4) is 0 Å². The summed E-state index contributed by atoms with van der Waals surface area (Å²) in [5.41, 5.74) is 5.90. The first-order chi connectivity index (χ1) is 9.43. The second-order valence-corrected chi connectivity index (χ2v) is 4.75. The van der Waals surface area contributed by atoms with Crippen molar-refractivity contribution in [2.24, 2.45) is 5.73 Å². The summed E-state index contributed by atoms with van der Waals surface area (Å²) in [7, 11) is 1.48. The predicted molar refractivity (Wildman–Crippen MR) is 76.1 cm³/mol. The summed E-state index contributed by atoms with van der Waals surface area (Å²) in [5, 5.41) is 12.6. The fourth-order valence-electron chi connectivity index (χ4n) is 1.58. The number of ether oxygens (including phenoxy) is 2. The third-order valence-electron chi connectivity index (χ3n) is 2.42. The van der Waals surface area contributed by atoms with Crippen LogP contribution in [-0.2, 0) is 11.3 Å². The number of halogens is 1. The molecule has 0 saturated carbocycles. The minimum absolute atomic E-state index is 0.268. The molecular weight excluding hydrogens is 284 g/mol. The van der Waals surface area contributed by atoms with E-state index in [1.807, 2.05) is 0 Å². The normalized spacial score (nSPS) is 12.0. The molecule has 0 aliphatic heterocycles. The quantitative estimate of drug-likeness (QED) is 0.656. The molecule has 0 aromatic heterocycles. The third-order valence-corrected chi connectivity index (χ3v) is 2.70. The number of rotatable bonds is 8.